The van der Waals surface area contributed by atoms with Crippen molar-refractivity contribution in [3.8, 4) is 5.75 Å². The molecule has 0 aromatic heterocycles. The molecule has 9 nitrogen and oxygen atoms in total. The molecule has 28 heavy (non-hydrogen) atoms. The molecular formula is C19H32N2O7. The summed E-state index contributed by atoms with van der Waals surface area (Å²) in [4.78, 5) is 25.1. The zero-order chi connectivity index (χ0) is 22.0. The third-order valence-electron chi connectivity index (χ3n) is 4.22. The van der Waals surface area contributed by atoms with Crippen LogP contribution in [0, 0.1) is 20.8 Å². The molecule has 1 rings (SSSR count). The van der Waals surface area contributed by atoms with E-state index in [0.717, 1.165) is 0 Å². The number of phenols is 1. The van der Waals surface area contributed by atoms with Crippen molar-refractivity contribution in [3.63, 3.8) is 0 Å². The summed E-state index contributed by atoms with van der Waals surface area (Å²) in [5.74, 6) is -1.54. The fourth-order valence-electron chi connectivity index (χ4n) is 2.70. The molecule has 0 aliphatic carbocycles. The monoisotopic (exact) mass is 400 g/mol. The van der Waals surface area contributed by atoms with Crippen molar-refractivity contribution in [2.24, 2.45) is 0 Å². The molecular weight excluding hydrogens is 368 g/mol. The van der Waals surface area contributed by atoms with Gasteiger partial charge in [-0.3, -0.25) is 9.59 Å². The summed E-state index contributed by atoms with van der Waals surface area (Å²) >= 11 is 0. The lowest BCUT2D eigenvalue weighted by Crippen LogP contribution is -2.42. The van der Waals surface area contributed by atoms with Gasteiger partial charge < -0.3 is 36.2 Å². The van der Waals surface area contributed by atoms with Gasteiger partial charge in [0, 0.05) is 22.3 Å². The Morgan fingerprint density at radius 1 is 0.714 bits per heavy atom. The topological polar surface area (TPSA) is 159 Å². The van der Waals surface area contributed by atoms with E-state index >= 15 is 0 Å². The predicted octanol–water partition coefficient (Wildman–Crippen LogP) is -0.490. The van der Waals surface area contributed by atoms with E-state index in [0.29, 0.717) is 0 Å². The summed E-state index contributed by atoms with van der Waals surface area (Å²) in [6.45, 7) is 6.68. The van der Waals surface area contributed by atoms with Crippen molar-refractivity contribution in [1.82, 2.24) is 10.6 Å². The Hall–Kier alpha value is -2.20. The zero-order valence-electron chi connectivity index (χ0n) is 17.0. The molecule has 0 saturated carbocycles. The highest BCUT2D eigenvalue weighted by molar-refractivity contribution is 6.05. The van der Waals surface area contributed by atoms with Crippen molar-refractivity contribution >= 4 is 11.8 Å². The van der Waals surface area contributed by atoms with Crippen LogP contribution in [0.2, 0.25) is 0 Å². The molecule has 1 aromatic carbocycles. The Labute approximate surface area is 165 Å². The number of hydrogen-bond donors (Lipinski definition) is 7. The van der Waals surface area contributed by atoms with E-state index in [1.54, 1.807) is 0 Å². The lowest BCUT2D eigenvalue weighted by atomic mass is 9.91. The minimum absolute atomic E-state index is 0.0506. The molecule has 0 atom stereocenters. The molecule has 160 valence electrons. The predicted molar refractivity (Wildman–Crippen MR) is 105 cm³/mol. The number of carbonyl (C=O) groups is 2. The van der Waals surface area contributed by atoms with Gasteiger partial charge in [-0.05, 0) is 26.3 Å². The Kier molecular flexibility index (Phi) is 11.3. The van der Waals surface area contributed by atoms with E-state index in [1.165, 1.54) is 20.8 Å². The first-order valence-corrected chi connectivity index (χ1v) is 9.11. The fraction of sp³-hybridized carbons (Fsp3) is 0.579. The average Bonchev–Trinajstić information content (AvgIpc) is 2.70. The SMILES string of the molecule is CC.Cc1c(O)c(C)c(C(=O)NC(CO)CO)c(C)c1C(=O)NC(CO)CO. The Balaban J connectivity index is 0.00000352. The van der Waals surface area contributed by atoms with Crippen LogP contribution in [0.1, 0.15) is 51.3 Å². The van der Waals surface area contributed by atoms with Crippen molar-refractivity contribution in [3.05, 3.63) is 27.8 Å². The molecule has 2 amide bonds. The third-order valence-corrected chi connectivity index (χ3v) is 4.22. The molecule has 0 saturated heterocycles. The Morgan fingerprint density at radius 3 is 1.25 bits per heavy atom. The van der Waals surface area contributed by atoms with Crippen LogP contribution in [0.15, 0.2) is 0 Å². The van der Waals surface area contributed by atoms with Gasteiger partial charge in [-0.2, -0.15) is 0 Å². The largest absolute Gasteiger partial charge is 0.507 e. The number of aromatic hydroxyl groups is 1. The smallest absolute Gasteiger partial charge is 0.252 e. The first-order chi connectivity index (χ1) is 13.2. The molecule has 0 radical (unpaired) electrons. The van der Waals surface area contributed by atoms with E-state index in [1.807, 2.05) is 13.8 Å². The third kappa shape index (κ3) is 5.90. The second kappa shape index (κ2) is 12.3. The Bertz CT molecular complexity index is 616. The van der Waals surface area contributed by atoms with Crippen molar-refractivity contribution in [2.75, 3.05) is 26.4 Å². The molecule has 0 aliphatic rings. The lowest BCUT2D eigenvalue weighted by Gasteiger charge is -2.21. The minimum atomic E-state index is -0.879. The van der Waals surface area contributed by atoms with Gasteiger partial charge >= 0.3 is 0 Å². The van der Waals surface area contributed by atoms with Crippen LogP contribution >= 0.6 is 0 Å². The highest BCUT2D eigenvalue weighted by Gasteiger charge is 2.26. The first kappa shape index (κ1) is 25.8. The van der Waals surface area contributed by atoms with E-state index in [9.17, 15) is 14.7 Å². The highest BCUT2D eigenvalue weighted by atomic mass is 16.3. The summed E-state index contributed by atoms with van der Waals surface area (Å²) < 4.78 is 0. The molecule has 7 N–H and O–H groups in total. The number of rotatable bonds is 8. The number of hydrogen-bond acceptors (Lipinski definition) is 7. The van der Waals surface area contributed by atoms with Gasteiger partial charge in [0.05, 0.1) is 38.5 Å². The molecule has 0 bridgehead atoms. The van der Waals surface area contributed by atoms with Crippen molar-refractivity contribution < 1.29 is 35.1 Å². The number of nitrogens with one attached hydrogen (secondary N) is 2. The van der Waals surface area contributed by atoms with Crippen LogP contribution in [0.3, 0.4) is 0 Å². The highest BCUT2D eigenvalue weighted by Crippen LogP contribution is 2.32. The number of benzene rings is 1. The van der Waals surface area contributed by atoms with Crippen LogP contribution in [0.5, 0.6) is 5.75 Å². The van der Waals surface area contributed by atoms with Crippen LogP contribution in [-0.2, 0) is 0 Å². The Morgan fingerprint density at radius 2 is 1.00 bits per heavy atom. The number of aliphatic hydroxyl groups excluding tert-OH is 4. The van der Waals surface area contributed by atoms with Gasteiger partial charge in [0.15, 0.2) is 0 Å². The van der Waals surface area contributed by atoms with E-state index in [2.05, 4.69) is 10.6 Å². The number of carbonyl (C=O) groups excluding carboxylic acids is 2. The van der Waals surface area contributed by atoms with Crippen LogP contribution < -0.4 is 10.6 Å². The van der Waals surface area contributed by atoms with Crippen LogP contribution in [-0.4, -0.2) is 75.9 Å². The van der Waals surface area contributed by atoms with Gasteiger partial charge in [0.2, 0.25) is 0 Å². The van der Waals surface area contributed by atoms with E-state index < -0.39 is 50.3 Å². The molecule has 0 fully saturated rings. The first-order valence-electron chi connectivity index (χ1n) is 9.11. The zero-order valence-corrected chi connectivity index (χ0v) is 17.0. The summed E-state index contributed by atoms with van der Waals surface area (Å²) in [6.07, 6.45) is 0. The summed E-state index contributed by atoms with van der Waals surface area (Å²) in [6, 6.07) is -1.76. The minimum Gasteiger partial charge on any atom is -0.507 e. The van der Waals surface area contributed by atoms with Crippen LogP contribution in [0.4, 0.5) is 0 Å². The van der Waals surface area contributed by atoms with Gasteiger partial charge in [0.25, 0.3) is 11.8 Å². The van der Waals surface area contributed by atoms with Gasteiger partial charge in [-0.15, -0.1) is 0 Å². The van der Waals surface area contributed by atoms with Gasteiger partial charge in [0.1, 0.15) is 5.75 Å². The molecule has 0 unspecified atom stereocenters. The van der Waals surface area contributed by atoms with Gasteiger partial charge in [-0.1, -0.05) is 13.8 Å². The lowest BCUT2D eigenvalue weighted by molar-refractivity contribution is 0.0874. The average molecular weight is 400 g/mol. The normalized spacial score (nSPS) is 10.5. The summed E-state index contributed by atoms with van der Waals surface area (Å²) in [5.41, 5.74) is 0.899. The molecule has 1 aromatic rings. The molecule has 0 spiro atoms. The standard InChI is InChI=1S/C17H26N2O7.C2H6/c1-8-13(16(25)18-11(4-20)5-21)9(2)15(24)10(3)14(8)17(26)19-12(6-22)7-23;1-2/h11-12,20-24H,4-7H2,1-3H3,(H,18,25)(H,19,26);1-2H3. The summed E-state index contributed by atoms with van der Waals surface area (Å²) in [5, 5.41) is 51.7. The fourth-order valence-corrected chi connectivity index (χ4v) is 2.70. The van der Waals surface area contributed by atoms with E-state index in [4.69, 9.17) is 20.4 Å². The molecule has 9 heteroatoms. The molecule has 0 aliphatic heterocycles. The van der Waals surface area contributed by atoms with Crippen LogP contribution in [0.25, 0.3) is 0 Å². The second-order valence-corrected chi connectivity index (χ2v) is 6.04. The summed E-state index contributed by atoms with van der Waals surface area (Å²) in [7, 11) is 0. The maximum atomic E-state index is 12.5. The number of amides is 2. The maximum absolute atomic E-state index is 12.5. The van der Waals surface area contributed by atoms with Gasteiger partial charge in [-0.25, -0.2) is 0 Å². The van der Waals surface area contributed by atoms with E-state index in [-0.39, 0.29) is 33.6 Å². The quantitative estimate of drug-likeness (QED) is 0.310. The van der Waals surface area contributed by atoms with Crippen molar-refractivity contribution in [1.29, 1.82) is 0 Å². The molecule has 0 heterocycles. The second-order valence-electron chi connectivity index (χ2n) is 6.04. The number of phenolic OH excluding ortho intramolecular Hbond substituents is 1. The van der Waals surface area contributed by atoms with Crippen molar-refractivity contribution in [2.45, 2.75) is 46.7 Å². The maximum Gasteiger partial charge on any atom is 0.252 e. The number of aliphatic hydroxyl groups is 4.